The van der Waals surface area contributed by atoms with Crippen LogP contribution >= 0.6 is 23.2 Å². The van der Waals surface area contributed by atoms with Crippen LogP contribution in [0.25, 0.3) is 0 Å². The highest BCUT2D eigenvalue weighted by atomic mass is 35.5. The van der Waals surface area contributed by atoms with Gasteiger partial charge in [0, 0.05) is 21.2 Å². The Hall–Kier alpha value is -3.10. The Morgan fingerprint density at radius 3 is 2.54 bits per heavy atom. The summed E-state index contributed by atoms with van der Waals surface area (Å²) in [6.07, 6.45) is 2.23. The Labute approximate surface area is 237 Å². The molecule has 3 aromatic carbocycles. The lowest BCUT2D eigenvalue weighted by molar-refractivity contribution is -0.138. The first kappa shape index (κ1) is 27.5. The van der Waals surface area contributed by atoms with Crippen molar-refractivity contribution in [3.63, 3.8) is 0 Å². The number of halogens is 2. The lowest BCUT2D eigenvalue weighted by Gasteiger charge is -2.48. The molecule has 1 saturated carbocycles. The summed E-state index contributed by atoms with van der Waals surface area (Å²) in [5, 5.41) is 11.8. The molecule has 2 N–H and O–H groups in total. The topological polar surface area (TPSA) is 88.1 Å². The maximum absolute atomic E-state index is 14.0. The van der Waals surface area contributed by atoms with Crippen molar-refractivity contribution in [1.29, 1.82) is 0 Å². The number of rotatable bonds is 7. The number of fused-ring (bicyclic) bond motifs is 1. The van der Waals surface area contributed by atoms with E-state index in [0.29, 0.717) is 45.3 Å². The second kappa shape index (κ2) is 12.0. The van der Waals surface area contributed by atoms with Crippen molar-refractivity contribution >= 4 is 35.0 Å². The summed E-state index contributed by atoms with van der Waals surface area (Å²) in [6.45, 7) is 0.0838. The van der Waals surface area contributed by atoms with Crippen LogP contribution in [0.4, 0.5) is 0 Å². The molecule has 0 saturated heterocycles. The van der Waals surface area contributed by atoms with Crippen molar-refractivity contribution in [3.05, 3.63) is 99.0 Å². The number of amides is 2. The van der Waals surface area contributed by atoms with Crippen LogP contribution < -0.4 is 10.2 Å². The highest BCUT2D eigenvalue weighted by Gasteiger charge is 2.49. The molecule has 0 aromatic heterocycles. The first-order valence-electron chi connectivity index (χ1n) is 13.0. The van der Waals surface area contributed by atoms with Crippen LogP contribution in [0.5, 0.6) is 5.75 Å². The molecule has 1 fully saturated rings. The smallest absolute Gasteiger partial charge is 0.255 e. The average molecular weight is 569 g/mol. The number of benzene rings is 3. The van der Waals surface area contributed by atoms with Crippen molar-refractivity contribution in [2.45, 2.75) is 56.4 Å². The van der Waals surface area contributed by atoms with E-state index in [1.54, 1.807) is 54.5 Å². The van der Waals surface area contributed by atoms with Crippen LogP contribution in [0.2, 0.25) is 10.0 Å². The molecule has 5 rings (SSSR count). The van der Waals surface area contributed by atoms with Gasteiger partial charge in [-0.2, -0.15) is 0 Å². The lowest BCUT2D eigenvalue weighted by Crippen LogP contribution is -2.55. The number of methoxy groups -OCH3 is 1. The van der Waals surface area contributed by atoms with Gasteiger partial charge in [-0.05, 0) is 48.2 Å². The molecule has 2 amide bonds. The van der Waals surface area contributed by atoms with E-state index in [4.69, 9.17) is 32.8 Å². The van der Waals surface area contributed by atoms with Crippen molar-refractivity contribution in [3.8, 4) is 5.75 Å². The van der Waals surface area contributed by atoms with Gasteiger partial charge in [-0.1, -0.05) is 78.5 Å². The molecule has 9 heteroatoms. The molecule has 3 aromatic rings. The predicted octanol–water partition coefficient (Wildman–Crippen LogP) is 5.83. The summed E-state index contributed by atoms with van der Waals surface area (Å²) in [5.74, 6) is -0.893. The molecule has 0 bridgehead atoms. The molecule has 1 heterocycles. The predicted molar refractivity (Wildman–Crippen MR) is 149 cm³/mol. The number of nitrogens with zero attached hydrogens (tertiary/aromatic N) is 1. The Morgan fingerprint density at radius 1 is 1.03 bits per heavy atom. The standard InChI is InChI=1S/C30H30Cl2N2O5/c1-38-26-13-7-2-8-18(26)17-39-33-29(36)27-20-9-3-4-10-21(20)30(37)34(24-11-5-6-12-25(24)35)28(27)22-15-14-19(31)16-23(22)32/h2-4,7-10,13-16,24-25,27-28,35H,5-6,11-12,17H2,1H3,(H,33,36)/t24-,25-,27+,28-/m0/s1. The van der Waals surface area contributed by atoms with Gasteiger partial charge in [0.05, 0.1) is 31.2 Å². The average Bonchev–Trinajstić information content (AvgIpc) is 2.94. The summed E-state index contributed by atoms with van der Waals surface area (Å²) in [7, 11) is 1.57. The van der Waals surface area contributed by atoms with Gasteiger partial charge in [0.25, 0.3) is 11.8 Å². The molecule has 1 aliphatic carbocycles. The van der Waals surface area contributed by atoms with Gasteiger partial charge in [0.2, 0.25) is 0 Å². The van der Waals surface area contributed by atoms with E-state index in [2.05, 4.69) is 5.48 Å². The highest BCUT2D eigenvalue weighted by Crippen LogP contribution is 2.47. The molecule has 0 radical (unpaired) electrons. The minimum atomic E-state index is -0.857. The highest BCUT2D eigenvalue weighted by molar-refractivity contribution is 6.35. The van der Waals surface area contributed by atoms with Gasteiger partial charge >= 0.3 is 0 Å². The maximum atomic E-state index is 14.0. The second-order valence-electron chi connectivity index (χ2n) is 9.87. The molecular weight excluding hydrogens is 539 g/mol. The molecule has 1 aliphatic heterocycles. The van der Waals surface area contributed by atoms with Crippen molar-refractivity contribution < 1.29 is 24.3 Å². The number of hydrogen-bond donors (Lipinski definition) is 2. The molecule has 7 nitrogen and oxygen atoms in total. The second-order valence-corrected chi connectivity index (χ2v) is 10.7. The van der Waals surface area contributed by atoms with Gasteiger partial charge < -0.3 is 14.7 Å². The van der Waals surface area contributed by atoms with Gasteiger partial charge in [-0.25, -0.2) is 5.48 Å². The third-order valence-electron chi connectivity index (χ3n) is 7.58. The van der Waals surface area contributed by atoms with Crippen molar-refractivity contribution in [2.24, 2.45) is 0 Å². The van der Waals surface area contributed by atoms with Crippen LogP contribution in [0.1, 0.15) is 64.7 Å². The fourth-order valence-electron chi connectivity index (χ4n) is 5.76. The Balaban J connectivity index is 1.55. The number of carbonyl (C=O) groups is 2. The number of aliphatic hydroxyl groups is 1. The minimum absolute atomic E-state index is 0.0838. The lowest BCUT2D eigenvalue weighted by atomic mass is 9.77. The number of ether oxygens (including phenoxy) is 1. The van der Waals surface area contributed by atoms with E-state index in [0.717, 1.165) is 18.4 Å². The van der Waals surface area contributed by atoms with Gasteiger partial charge in [-0.15, -0.1) is 0 Å². The summed E-state index contributed by atoms with van der Waals surface area (Å²) in [5.41, 5.74) is 4.94. The van der Waals surface area contributed by atoms with E-state index < -0.39 is 30.0 Å². The van der Waals surface area contributed by atoms with E-state index in [9.17, 15) is 14.7 Å². The maximum Gasteiger partial charge on any atom is 0.255 e. The van der Waals surface area contributed by atoms with Crippen LogP contribution in [-0.4, -0.2) is 41.1 Å². The van der Waals surface area contributed by atoms with E-state index in [-0.39, 0.29) is 12.5 Å². The third kappa shape index (κ3) is 5.50. The van der Waals surface area contributed by atoms with Gasteiger partial charge in [0.15, 0.2) is 0 Å². The largest absolute Gasteiger partial charge is 0.496 e. The fraction of sp³-hybridized carbons (Fsp3) is 0.333. The number of carbonyl (C=O) groups excluding carboxylic acids is 2. The van der Waals surface area contributed by atoms with E-state index in [1.165, 1.54) is 0 Å². The first-order valence-corrected chi connectivity index (χ1v) is 13.7. The molecule has 39 heavy (non-hydrogen) atoms. The van der Waals surface area contributed by atoms with Gasteiger partial charge in [0.1, 0.15) is 12.4 Å². The molecular formula is C30H30Cl2N2O5. The Kier molecular flexibility index (Phi) is 8.43. The number of aliphatic hydroxyl groups excluding tert-OH is 1. The van der Waals surface area contributed by atoms with Gasteiger partial charge in [-0.3, -0.25) is 14.4 Å². The summed E-state index contributed by atoms with van der Waals surface area (Å²) in [4.78, 5) is 35.3. The molecule has 204 valence electrons. The van der Waals surface area contributed by atoms with Crippen LogP contribution in [0.3, 0.4) is 0 Å². The quantitative estimate of drug-likeness (QED) is 0.350. The number of hydroxylamine groups is 1. The zero-order valence-corrected chi connectivity index (χ0v) is 23.0. The normalized spacial score (nSPS) is 22.8. The van der Waals surface area contributed by atoms with Crippen LogP contribution in [-0.2, 0) is 16.2 Å². The first-order chi connectivity index (χ1) is 18.9. The SMILES string of the molecule is COc1ccccc1CONC(=O)[C@@H]1c2ccccc2C(=O)N([C@H]2CCCC[C@@H]2O)[C@H]1c1ccc(Cl)cc1Cl. The Morgan fingerprint density at radius 2 is 1.77 bits per heavy atom. The number of nitrogens with one attached hydrogen (secondary N) is 1. The zero-order chi connectivity index (χ0) is 27.5. The third-order valence-corrected chi connectivity index (χ3v) is 8.15. The number of para-hydroxylation sites is 1. The Bertz CT molecular complexity index is 1370. The van der Waals surface area contributed by atoms with Crippen molar-refractivity contribution in [2.75, 3.05) is 7.11 Å². The molecule has 2 aliphatic rings. The van der Waals surface area contributed by atoms with E-state index in [1.807, 2.05) is 24.3 Å². The summed E-state index contributed by atoms with van der Waals surface area (Å²) in [6, 6.07) is 18.2. The van der Waals surface area contributed by atoms with Crippen LogP contribution in [0, 0.1) is 0 Å². The van der Waals surface area contributed by atoms with E-state index >= 15 is 0 Å². The summed E-state index contributed by atoms with van der Waals surface area (Å²) < 4.78 is 5.38. The monoisotopic (exact) mass is 568 g/mol. The number of hydrogen-bond acceptors (Lipinski definition) is 5. The molecule has 0 spiro atoms. The summed E-state index contributed by atoms with van der Waals surface area (Å²) >= 11 is 12.9. The zero-order valence-electron chi connectivity index (χ0n) is 21.5. The molecule has 4 atom stereocenters. The minimum Gasteiger partial charge on any atom is -0.496 e. The van der Waals surface area contributed by atoms with Crippen LogP contribution in [0.15, 0.2) is 66.7 Å². The molecule has 0 unspecified atom stereocenters. The van der Waals surface area contributed by atoms with Crippen molar-refractivity contribution in [1.82, 2.24) is 10.4 Å². The fourth-order valence-corrected chi connectivity index (χ4v) is 6.28.